The van der Waals surface area contributed by atoms with Crippen LogP contribution in [0.25, 0.3) is 10.8 Å². The predicted octanol–water partition coefficient (Wildman–Crippen LogP) is 5.95. The minimum Gasteiger partial charge on any atom is -0.422 e. The first-order valence-electron chi connectivity index (χ1n) is 10.3. The van der Waals surface area contributed by atoms with Crippen LogP contribution in [0.15, 0.2) is 48.6 Å². The van der Waals surface area contributed by atoms with Crippen LogP contribution >= 0.6 is 0 Å². The Morgan fingerprint density at radius 3 is 1.80 bits per heavy atom. The van der Waals surface area contributed by atoms with Crippen molar-refractivity contribution in [2.45, 2.75) is 53.9 Å². The van der Waals surface area contributed by atoms with Crippen molar-refractivity contribution >= 4 is 22.7 Å². The molecule has 0 fully saturated rings. The molecule has 0 bridgehead atoms. The smallest absolute Gasteiger partial charge is 0.338 e. The molecule has 0 aromatic heterocycles. The summed E-state index contributed by atoms with van der Waals surface area (Å²) in [6, 6.07) is 7.57. The van der Waals surface area contributed by atoms with E-state index in [9.17, 15) is 9.59 Å². The van der Waals surface area contributed by atoms with Crippen LogP contribution in [-0.2, 0) is 22.4 Å². The Hall–Kier alpha value is -2.88. The Morgan fingerprint density at radius 1 is 0.900 bits per heavy atom. The average molecular weight is 407 g/mol. The second kappa shape index (κ2) is 8.10. The fourth-order valence-electron chi connectivity index (χ4n) is 3.96. The average Bonchev–Trinajstić information content (AvgIpc) is 2.68. The Morgan fingerprint density at radius 2 is 1.37 bits per heavy atom. The highest BCUT2D eigenvalue weighted by Gasteiger charge is 2.34. The number of carbonyl (C=O) groups is 2. The molecule has 4 nitrogen and oxygen atoms in total. The Balaban J connectivity index is 2.28. The molecule has 158 valence electrons. The van der Waals surface area contributed by atoms with E-state index in [1.807, 2.05) is 24.3 Å². The molecule has 3 rings (SSSR count). The van der Waals surface area contributed by atoms with Crippen molar-refractivity contribution in [2.75, 3.05) is 0 Å². The van der Waals surface area contributed by atoms with Crippen molar-refractivity contribution in [1.29, 1.82) is 0 Å². The number of fused-ring (bicyclic) bond motifs is 2. The molecule has 30 heavy (non-hydrogen) atoms. The van der Waals surface area contributed by atoms with Gasteiger partial charge in [-0.1, -0.05) is 58.2 Å². The summed E-state index contributed by atoms with van der Waals surface area (Å²) in [5, 5.41) is 1.51. The molecular weight excluding hydrogens is 376 g/mol. The van der Waals surface area contributed by atoms with Gasteiger partial charge in [0.25, 0.3) is 0 Å². The molecule has 0 spiro atoms. The van der Waals surface area contributed by atoms with Crippen LogP contribution in [0.1, 0.15) is 52.2 Å². The lowest BCUT2D eigenvalue weighted by atomic mass is 9.70. The van der Waals surface area contributed by atoms with Gasteiger partial charge in [-0.05, 0) is 44.4 Å². The topological polar surface area (TPSA) is 52.6 Å². The molecule has 0 heterocycles. The highest BCUT2D eigenvalue weighted by atomic mass is 16.5. The number of carbonyl (C=O) groups excluding carboxylic acids is 2. The van der Waals surface area contributed by atoms with Gasteiger partial charge < -0.3 is 9.47 Å². The fraction of sp³-hybridized carbons (Fsp3) is 0.385. The Labute approximate surface area is 178 Å². The van der Waals surface area contributed by atoms with Gasteiger partial charge in [-0.15, -0.1) is 0 Å². The predicted molar refractivity (Wildman–Crippen MR) is 120 cm³/mol. The van der Waals surface area contributed by atoms with Crippen LogP contribution in [0.5, 0.6) is 11.5 Å². The molecule has 2 aromatic carbocycles. The summed E-state index contributed by atoms with van der Waals surface area (Å²) >= 11 is 0. The summed E-state index contributed by atoms with van der Waals surface area (Å²) in [5.74, 6) is 0.616. The second-order valence-corrected chi connectivity index (χ2v) is 9.31. The van der Waals surface area contributed by atoms with Gasteiger partial charge in [0, 0.05) is 33.0 Å². The molecule has 1 aliphatic rings. The molecule has 0 N–H and O–H groups in total. The summed E-state index contributed by atoms with van der Waals surface area (Å²) in [6.07, 6.45) is 2.47. The van der Waals surface area contributed by atoms with E-state index in [4.69, 9.17) is 9.47 Å². The number of ether oxygens (including phenoxy) is 2. The van der Waals surface area contributed by atoms with E-state index in [0.717, 1.165) is 41.2 Å². The van der Waals surface area contributed by atoms with Crippen LogP contribution < -0.4 is 9.47 Å². The third kappa shape index (κ3) is 4.18. The van der Waals surface area contributed by atoms with Crippen LogP contribution in [0.3, 0.4) is 0 Å². The quantitative estimate of drug-likeness (QED) is 0.357. The number of benzene rings is 2. The lowest BCUT2D eigenvalue weighted by Crippen LogP contribution is -2.28. The maximum atomic E-state index is 12.5. The van der Waals surface area contributed by atoms with Gasteiger partial charge in [0.05, 0.1) is 0 Å². The monoisotopic (exact) mass is 406 g/mol. The van der Waals surface area contributed by atoms with E-state index in [2.05, 4.69) is 33.9 Å². The summed E-state index contributed by atoms with van der Waals surface area (Å²) in [7, 11) is 0. The fourth-order valence-corrected chi connectivity index (χ4v) is 3.96. The molecule has 1 unspecified atom stereocenters. The molecule has 0 saturated heterocycles. The van der Waals surface area contributed by atoms with Gasteiger partial charge in [-0.3, -0.25) is 0 Å². The summed E-state index contributed by atoms with van der Waals surface area (Å²) in [6.45, 7) is 17.4. The summed E-state index contributed by atoms with van der Waals surface area (Å²) in [4.78, 5) is 24.9. The number of esters is 2. The molecule has 1 aliphatic carbocycles. The normalized spacial score (nSPS) is 16.0. The third-order valence-corrected chi connectivity index (χ3v) is 5.83. The molecule has 4 heteroatoms. The van der Waals surface area contributed by atoms with E-state index in [1.54, 1.807) is 13.8 Å². The van der Waals surface area contributed by atoms with Crippen LogP contribution in [0.2, 0.25) is 0 Å². The zero-order valence-electron chi connectivity index (χ0n) is 18.6. The minimum atomic E-state index is -0.452. The zero-order valence-corrected chi connectivity index (χ0v) is 18.6. The molecule has 1 atom stereocenters. The molecule has 0 amide bonds. The van der Waals surface area contributed by atoms with Gasteiger partial charge >= 0.3 is 11.9 Å². The first-order valence-corrected chi connectivity index (χ1v) is 10.3. The molecule has 0 radical (unpaired) electrons. The Bertz CT molecular complexity index is 1050. The van der Waals surface area contributed by atoms with Crippen molar-refractivity contribution < 1.29 is 19.1 Å². The lowest BCUT2D eigenvalue weighted by Gasteiger charge is -2.36. The third-order valence-electron chi connectivity index (χ3n) is 5.83. The first kappa shape index (κ1) is 21.8. The maximum absolute atomic E-state index is 12.5. The van der Waals surface area contributed by atoms with Gasteiger partial charge in [-0.25, -0.2) is 9.59 Å². The van der Waals surface area contributed by atoms with Crippen LogP contribution in [0, 0.1) is 11.3 Å². The number of hydrogen-bond acceptors (Lipinski definition) is 4. The van der Waals surface area contributed by atoms with Gasteiger partial charge in [0.15, 0.2) is 0 Å². The minimum absolute atomic E-state index is 0.105. The van der Waals surface area contributed by atoms with Gasteiger partial charge in [0.2, 0.25) is 0 Å². The van der Waals surface area contributed by atoms with E-state index >= 15 is 0 Å². The molecule has 2 aromatic rings. The van der Waals surface area contributed by atoms with E-state index in [0.29, 0.717) is 28.6 Å². The van der Waals surface area contributed by atoms with E-state index in [-0.39, 0.29) is 5.41 Å². The maximum Gasteiger partial charge on any atom is 0.338 e. The lowest BCUT2D eigenvalue weighted by molar-refractivity contribution is -0.131. The van der Waals surface area contributed by atoms with Crippen molar-refractivity contribution in [3.05, 3.63) is 59.7 Å². The van der Waals surface area contributed by atoms with E-state index in [1.165, 1.54) is 0 Å². The highest BCUT2D eigenvalue weighted by Crippen LogP contribution is 2.48. The van der Waals surface area contributed by atoms with Crippen molar-refractivity contribution in [3.8, 4) is 11.5 Å². The van der Waals surface area contributed by atoms with Crippen molar-refractivity contribution in [2.24, 2.45) is 11.3 Å². The van der Waals surface area contributed by atoms with Crippen LogP contribution in [-0.4, -0.2) is 11.9 Å². The van der Waals surface area contributed by atoms with Crippen molar-refractivity contribution in [3.63, 3.8) is 0 Å². The second-order valence-electron chi connectivity index (χ2n) is 9.31. The summed E-state index contributed by atoms with van der Waals surface area (Å²) in [5.41, 5.74) is 2.67. The Kier molecular flexibility index (Phi) is 5.89. The van der Waals surface area contributed by atoms with E-state index < -0.39 is 11.9 Å². The molecular formula is C26H30O4. The zero-order chi connectivity index (χ0) is 22.2. The highest BCUT2D eigenvalue weighted by molar-refractivity contribution is 6.01. The summed E-state index contributed by atoms with van der Waals surface area (Å²) < 4.78 is 11.7. The van der Waals surface area contributed by atoms with Crippen molar-refractivity contribution in [1.82, 2.24) is 0 Å². The SMILES string of the molecule is C=C(C)C(=O)Oc1c2c(c(OC(=O)C(=C)C)c3ccccc13)CC(C(C)(C)C)CC2. The number of rotatable bonds is 4. The molecule has 0 saturated carbocycles. The molecule has 0 aliphatic heterocycles. The van der Waals surface area contributed by atoms with Crippen LogP contribution in [0.4, 0.5) is 0 Å². The van der Waals surface area contributed by atoms with Gasteiger partial charge in [-0.2, -0.15) is 0 Å². The van der Waals surface area contributed by atoms with Gasteiger partial charge in [0.1, 0.15) is 11.5 Å². The standard InChI is InChI=1S/C26H30O4/c1-15(2)24(27)29-22-18-10-8-9-11-19(18)23(30-25(28)16(3)4)21-14-17(26(5,6)7)12-13-20(21)22/h8-11,17H,1,3,12-14H2,2,4-7H3. The largest absolute Gasteiger partial charge is 0.422 e. The first-order chi connectivity index (χ1) is 14.0. The number of hydrogen-bond donors (Lipinski definition) is 0.